The van der Waals surface area contributed by atoms with Gasteiger partial charge in [0.1, 0.15) is 11.4 Å². The predicted molar refractivity (Wildman–Crippen MR) is 110 cm³/mol. The second kappa shape index (κ2) is 8.24. The first-order valence-corrected chi connectivity index (χ1v) is 9.40. The fourth-order valence-electron chi connectivity index (χ4n) is 3.16. The van der Waals surface area contributed by atoms with E-state index in [2.05, 4.69) is 10.4 Å². The molecule has 2 aromatic heterocycles. The van der Waals surface area contributed by atoms with E-state index in [-0.39, 0.29) is 11.7 Å². The van der Waals surface area contributed by atoms with Gasteiger partial charge < -0.3 is 14.5 Å². The number of benzene rings is 2. The van der Waals surface area contributed by atoms with E-state index in [9.17, 15) is 9.18 Å². The van der Waals surface area contributed by atoms with Crippen LogP contribution in [-0.4, -0.2) is 22.8 Å². The summed E-state index contributed by atoms with van der Waals surface area (Å²) in [7, 11) is 1.41. The number of rotatable bonds is 6. The number of para-hydroxylation sites is 1. The lowest BCUT2D eigenvalue weighted by Crippen LogP contribution is -2.28. The van der Waals surface area contributed by atoms with Crippen LogP contribution >= 0.6 is 0 Å². The number of nitrogens with zero attached hydrogens (tertiary/aromatic N) is 2. The lowest BCUT2D eigenvalue weighted by Gasteiger charge is -2.16. The van der Waals surface area contributed by atoms with Crippen molar-refractivity contribution in [1.29, 1.82) is 0 Å². The van der Waals surface area contributed by atoms with Crippen molar-refractivity contribution in [3.8, 4) is 22.9 Å². The second-order valence-electron chi connectivity index (χ2n) is 6.73. The summed E-state index contributed by atoms with van der Waals surface area (Å²) < 4.78 is 26.0. The van der Waals surface area contributed by atoms with Crippen LogP contribution in [0.25, 0.3) is 17.1 Å². The Morgan fingerprint density at radius 1 is 1.13 bits per heavy atom. The molecular formula is C23H20FN3O3. The molecule has 7 heteroatoms. The van der Waals surface area contributed by atoms with Crippen molar-refractivity contribution in [2.45, 2.75) is 13.0 Å². The van der Waals surface area contributed by atoms with Crippen molar-refractivity contribution in [1.82, 2.24) is 15.1 Å². The molecule has 2 aromatic carbocycles. The highest BCUT2D eigenvalue weighted by Gasteiger charge is 2.21. The smallest absolute Gasteiger partial charge is 0.270 e. The molecule has 1 N–H and O–H groups in total. The molecule has 30 heavy (non-hydrogen) atoms. The summed E-state index contributed by atoms with van der Waals surface area (Å²) in [5.41, 5.74) is 2.24. The van der Waals surface area contributed by atoms with Gasteiger partial charge in [-0.2, -0.15) is 5.10 Å². The molecule has 0 fully saturated rings. The Kier molecular flexibility index (Phi) is 5.34. The third kappa shape index (κ3) is 3.82. The van der Waals surface area contributed by atoms with E-state index in [0.717, 1.165) is 5.69 Å². The van der Waals surface area contributed by atoms with Gasteiger partial charge in [0.15, 0.2) is 17.3 Å². The maximum Gasteiger partial charge on any atom is 0.270 e. The SMILES string of the molecule is COc1ccc(C(C)NC(=O)c2cc(-c3ccco3)nn2-c2ccccc2)cc1F. The molecule has 1 amide bonds. The van der Waals surface area contributed by atoms with Gasteiger partial charge in [-0.3, -0.25) is 4.79 Å². The fourth-order valence-corrected chi connectivity index (χ4v) is 3.16. The number of amides is 1. The Morgan fingerprint density at radius 2 is 1.93 bits per heavy atom. The van der Waals surface area contributed by atoms with Gasteiger partial charge in [-0.25, -0.2) is 9.07 Å². The third-order valence-electron chi connectivity index (χ3n) is 4.74. The Bertz CT molecular complexity index is 1150. The van der Waals surface area contributed by atoms with Gasteiger partial charge in [0.05, 0.1) is 25.1 Å². The summed E-state index contributed by atoms with van der Waals surface area (Å²) in [4.78, 5) is 13.1. The number of hydrogen-bond acceptors (Lipinski definition) is 4. The highest BCUT2D eigenvalue weighted by Crippen LogP contribution is 2.24. The number of hydrogen-bond donors (Lipinski definition) is 1. The van der Waals surface area contributed by atoms with E-state index in [4.69, 9.17) is 9.15 Å². The number of carbonyl (C=O) groups is 1. The van der Waals surface area contributed by atoms with Crippen LogP contribution in [0.2, 0.25) is 0 Å². The van der Waals surface area contributed by atoms with Crippen molar-refractivity contribution in [2.24, 2.45) is 0 Å². The van der Waals surface area contributed by atoms with Gasteiger partial charge in [-0.1, -0.05) is 24.3 Å². The number of carbonyl (C=O) groups excluding carboxylic acids is 1. The average molecular weight is 405 g/mol. The fraction of sp³-hybridized carbons (Fsp3) is 0.130. The van der Waals surface area contributed by atoms with Crippen molar-refractivity contribution < 1.29 is 18.3 Å². The first-order chi connectivity index (χ1) is 14.6. The van der Waals surface area contributed by atoms with Gasteiger partial charge >= 0.3 is 0 Å². The predicted octanol–water partition coefficient (Wildman–Crippen LogP) is 4.77. The van der Waals surface area contributed by atoms with Crippen molar-refractivity contribution in [3.05, 3.63) is 90.1 Å². The van der Waals surface area contributed by atoms with Crippen LogP contribution in [0.1, 0.15) is 29.0 Å². The molecule has 0 aliphatic carbocycles. The quantitative estimate of drug-likeness (QED) is 0.502. The number of nitrogens with one attached hydrogen (secondary N) is 1. The van der Waals surface area contributed by atoms with E-state index >= 15 is 0 Å². The molecule has 152 valence electrons. The normalized spacial score (nSPS) is 11.8. The number of aromatic nitrogens is 2. The first kappa shape index (κ1) is 19.4. The molecule has 4 rings (SSSR count). The maximum absolute atomic E-state index is 14.1. The zero-order chi connectivity index (χ0) is 21.1. The van der Waals surface area contributed by atoms with Gasteiger partial charge in [-0.05, 0) is 48.9 Å². The highest BCUT2D eigenvalue weighted by atomic mass is 19.1. The topological polar surface area (TPSA) is 69.3 Å². The summed E-state index contributed by atoms with van der Waals surface area (Å²) in [6.45, 7) is 1.79. The zero-order valence-corrected chi connectivity index (χ0v) is 16.5. The molecule has 4 aromatic rings. The van der Waals surface area contributed by atoms with Gasteiger partial charge in [0.2, 0.25) is 0 Å². The largest absolute Gasteiger partial charge is 0.494 e. The molecular weight excluding hydrogens is 385 g/mol. The molecule has 2 heterocycles. The Morgan fingerprint density at radius 3 is 2.60 bits per heavy atom. The van der Waals surface area contributed by atoms with E-state index in [1.807, 2.05) is 30.3 Å². The Labute approximate surface area is 172 Å². The Hall–Kier alpha value is -3.87. The van der Waals surface area contributed by atoms with Crippen LogP contribution in [0.5, 0.6) is 5.75 Å². The van der Waals surface area contributed by atoms with Crippen molar-refractivity contribution >= 4 is 5.91 Å². The molecule has 0 radical (unpaired) electrons. The van der Waals surface area contributed by atoms with Gasteiger partial charge in [0.25, 0.3) is 5.91 Å². The molecule has 0 saturated carbocycles. The molecule has 0 bridgehead atoms. The monoisotopic (exact) mass is 405 g/mol. The summed E-state index contributed by atoms with van der Waals surface area (Å²) >= 11 is 0. The summed E-state index contributed by atoms with van der Waals surface area (Å²) in [5, 5.41) is 7.45. The number of furan rings is 1. The minimum absolute atomic E-state index is 0.155. The van der Waals surface area contributed by atoms with Crippen LogP contribution < -0.4 is 10.1 Å². The van der Waals surface area contributed by atoms with Crippen LogP contribution in [0.4, 0.5) is 4.39 Å². The molecule has 1 unspecified atom stereocenters. The van der Waals surface area contributed by atoms with Crippen LogP contribution in [0, 0.1) is 5.82 Å². The standard InChI is InChI=1S/C23H20FN3O3/c1-15(16-10-11-21(29-2)18(24)13-16)25-23(28)20-14-19(22-9-6-12-30-22)26-27(20)17-7-4-3-5-8-17/h3-15H,1-2H3,(H,25,28). The summed E-state index contributed by atoms with van der Waals surface area (Å²) in [6, 6.07) is 18.7. The molecule has 0 saturated heterocycles. The number of ether oxygens (including phenoxy) is 1. The number of halogens is 1. The highest BCUT2D eigenvalue weighted by molar-refractivity contribution is 5.94. The molecule has 0 spiro atoms. The van der Waals surface area contributed by atoms with Gasteiger partial charge in [0, 0.05) is 6.07 Å². The van der Waals surface area contributed by atoms with Crippen molar-refractivity contribution in [3.63, 3.8) is 0 Å². The second-order valence-corrected chi connectivity index (χ2v) is 6.73. The number of methoxy groups -OCH3 is 1. The third-order valence-corrected chi connectivity index (χ3v) is 4.74. The van der Waals surface area contributed by atoms with Gasteiger partial charge in [-0.15, -0.1) is 0 Å². The minimum Gasteiger partial charge on any atom is -0.494 e. The van der Waals surface area contributed by atoms with E-state index < -0.39 is 11.9 Å². The maximum atomic E-state index is 14.1. The lowest BCUT2D eigenvalue weighted by atomic mass is 10.1. The van der Waals surface area contributed by atoms with E-state index in [1.165, 1.54) is 19.2 Å². The van der Waals surface area contributed by atoms with E-state index in [0.29, 0.717) is 22.7 Å². The summed E-state index contributed by atoms with van der Waals surface area (Å²) in [6.07, 6.45) is 1.55. The zero-order valence-electron chi connectivity index (χ0n) is 16.5. The van der Waals surface area contributed by atoms with E-state index in [1.54, 1.807) is 42.1 Å². The van der Waals surface area contributed by atoms with Crippen molar-refractivity contribution in [2.75, 3.05) is 7.11 Å². The molecule has 6 nitrogen and oxygen atoms in total. The Balaban J connectivity index is 1.65. The molecule has 1 atom stereocenters. The average Bonchev–Trinajstić information content (AvgIpc) is 3.44. The lowest BCUT2D eigenvalue weighted by molar-refractivity contribution is 0.0932. The van der Waals surface area contributed by atoms with Crippen LogP contribution in [0.15, 0.2) is 77.4 Å². The van der Waals surface area contributed by atoms with Crippen LogP contribution in [0.3, 0.4) is 0 Å². The van der Waals surface area contributed by atoms with Crippen LogP contribution in [-0.2, 0) is 0 Å². The molecule has 0 aliphatic rings. The summed E-state index contributed by atoms with van der Waals surface area (Å²) in [5.74, 6) is -0.107. The molecule has 0 aliphatic heterocycles. The first-order valence-electron chi connectivity index (χ1n) is 9.40. The minimum atomic E-state index is -0.481.